The van der Waals surface area contributed by atoms with Crippen LogP contribution in [-0.2, 0) is 11.3 Å². The van der Waals surface area contributed by atoms with Crippen LogP contribution < -0.4 is 27.6 Å². The summed E-state index contributed by atoms with van der Waals surface area (Å²) in [4.78, 5) is 37.4. The lowest BCUT2D eigenvalue weighted by Crippen LogP contribution is -2.37. The third-order valence-electron chi connectivity index (χ3n) is 3.16. The normalized spacial score (nSPS) is 14.2. The predicted octanol–water partition coefficient (Wildman–Crippen LogP) is -0.535. The summed E-state index contributed by atoms with van der Waals surface area (Å²) in [6, 6.07) is 0.254. The molecule has 1 fully saturated rings. The van der Waals surface area contributed by atoms with E-state index in [0.717, 1.165) is 12.8 Å². The van der Waals surface area contributed by atoms with Gasteiger partial charge in [-0.1, -0.05) is 13.8 Å². The second-order valence-corrected chi connectivity index (χ2v) is 5.72. The van der Waals surface area contributed by atoms with Gasteiger partial charge in [0.1, 0.15) is 11.5 Å². The Kier molecular flexibility index (Phi) is 4.35. The molecule has 2 rings (SSSR count). The first kappa shape index (κ1) is 15.1. The highest BCUT2D eigenvalue weighted by molar-refractivity contribution is 5.82. The van der Waals surface area contributed by atoms with Crippen LogP contribution in [0.3, 0.4) is 0 Å². The minimum atomic E-state index is -0.614. The van der Waals surface area contributed by atoms with Crippen molar-refractivity contribution in [3.8, 4) is 0 Å². The van der Waals surface area contributed by atoms with Gasteiger partial charge in [-0.3, -0.25) is 19.1 Å². The zero-order chi connectivity index (χ0) is 15.6. The summed E-state index contributed by atoms with van der Waals surface area (Å²) in [5.74, 6) is 0.0523. The summed E-state index contributed by atoms with van der Waals surface area (Å²) >= 11 is 0. The van der Waals surface area contributed by atoms with Gasteiger partial charge in [0.05, 0.1) is 6.54 Å². The molecule has 0 spiro atoms. The van der Waals surface area contributed by atoms with Crippen molar-refractivity contribution in [3.05, 3.63) is 20.8 Å². The van der Waals surface area contributed by atoms with Gasteiger partial charge in [-0.05, 0) is 18.8 Å². The number of H-pyrrole nitrogens is 1. The number of nitrogens with two attached hydrogens (primary N) is 1. The van der Waals surface area contributed by atoms with E-state index >= 15 is 0 Å². The van der Waals surface area contributed by atoms with Gasteiger partial charge in [-0.25, -0.2) is 4.79 Å². The molecule has 21 heavy (non-hydrogen) atoms. The molecular formula is C13H21N5O3. The third-order valence-corrected chi connectivity index (χ3v) is 3.16. The Hall–Kier alpha value is -2.25. The van der Waals surface area contributed by atoms with Gasteiger partial charge >= 0.3 is 5.69 Å². The van der Waals surface area contributed by atoms with E-state index in [2.05, 4.69) is 15.6 Å². The van der Waals surface area contributed by atoms with E-state index in [0.29, 0.717) is 6.54 Å². The van der Waals surface area contributed by atoms with Crippen molar-refractivity contribution in [1.29, 1.82) is 0 Å². The molecule has 0 aromatic carbocycles. The van der Waals surface area contributed by atoms with Crippen LogP contribution in [0.4, 0.5) is 11.5 Å². The lowest BCUT2D eigenvalue weighted by molar-refractivity contribution is -0.119. The van der Waals surface area contributed by atoms with Gasteiger partial charge in [-0.15, -0.1) is 0 Å². The fourth-order valence-electron chi connectivity index (χ4n) is 1.98. The van der Waals surface area contributed by atoms with Crippen LogP contribution in [0.5, 0.6) is 0 Å². The minimum Gasteiger partial charge on any atom is -0.383 e. The van der Waals surface area contributed by atoms with Crippen LogP contribution in [-0.4, -0.2) is 28.0 Å². The highest BCUT2D eigenvalue weighted by atomic mass is 16.2. The fraction of sp³-hybridized carbons (Fsp3) is 0.615. The van der Waals surface area contributed by atoms with Gasteiger partial charge in [0.15, 0.2) is 0 Å². The lowest BCUT2D eigenvalue weighted by Gasteiger charge is -2.15. The first-order valence-electron chi connectivity index (χ1n) is 7.04. The van der Waals surface area contributed by atoms with Gasteiger partial charge in [0, 0.05) is 12.6 Å². The van der Waals surface area contributed by atoms with E-state index in [9.17, 15) is 14.4 Å². The fourth-order valence-corrected chi connectivity index (χ4v) is 1.98. The maximum atomic E-state index is 11.8. The Morgan fingerprint density at radius 3 is 2.67 bits per heavy atom. The van der Waals surface area contributed by atoms with E-state index in [-0.39, 0.29) is 35.9 Å². The van der Waals surface area contributed by atoms with E-state index in [4.69, 9.17) is 5.73 Å². The van der Waals surface area contributed by atoms with Crippen LogP contribution in [0.1, 0.15) is 26.7 Å². The van der Waals surface area contributed by atoms with Crippen molar-refractivity contribution in [2.24, 2.45) is 5.92 Å². The van der Waals surface area contributed by atoms with Crippen LogP contribution in [0.15, 0.2) is 9.59 Å². The van der Waals surface area contributed by atoms with E-state index in [1.54, 1.807) is 0 Å². The molecular weight excluding hydrogens is 274 g/mol. The molecule has 1 aliphatic carbocycles. The first-order chi connectivity index (χ1) is 9.88. The smallest absolute Gasteiger partial charge is 0.330 e. The molecule has 1 saturated carbocycles. The summed E-state index contributed by atoms with van der Waals surface area (Å²) in [6.07, 6.45) is 1.99. The van der Waals surface area contributed by atoms with Gasteiger partial charge in [0.2, 0.25) is 5.91 Å². The maximum Gasteiger partial charge on any atom is 0.330 e. The summed E-state index contributed by atoms with van der Waals surface area (Å²) in [7, 11) is 0. The number of nitrogen functional groups attached to an aromatic ring is 1. The second kappa shape index (κ2) is 6.02. The lowest BCUT2D eigenvalue weighted by atomic mass is 10.2. The Balaban J connectivity index is 2.15. The third kappa shape index (κ3) is 3.87. The summed E-state index contributed by atoms with van der Waals surface area (Å²) in [6.45, 7) is 4.22. The Bertz CT molecular complexity index is 642. The van der Waals surface area contributed by atoms with Crippen LogP contribution in [0.25, 0.3) is 0 Å². The highest BCUT2D eigenvalue weighted by Crippen LogP contribution is 2.18. The Morgan fingerprint density at radius 2 is 2.10 bits per heavy atom. The number of hydrogen-bond acceptors (Lipinski definition) is 5. The molecule has 0 radical (unpaired) electrons. The molecule has 8 heteroatoms. The van der Waals surface area contributed by atoms with Crippen LogP contribution in [0.2, 0.25) is 0 Å². The summed E-state index contributed by atoms with van der Waals surface area (Å²) in [5.41, 5.74) is 4.78. The summed E-state index contributed by atoms with van der Waals surface area (Å²) < 4.78 is 1.30. The number of aromatic nitrogens is 2. The zero-order valence-electron chi connectivity index (χ0n) is 12.2. The topological polar surface area (TPSA) is 122 Å². The quantitative estimate of drug-likeness (QED) is 0.562. The number of carbonyl (C=O) groups excluding carboxylic acids is 1. The van der Waals surface area contributed by atoms with Gasteiger partial charge < -0.3 is 16.4 Å². The average Bonchev–Trinajstić information content (AvgIpc) is 3.17. The molecule has 1 aromatic heterocycles. The number of anilines is 2. The predicted molar refractivity (Wildman–Crippen MR) is 80.2 cm³/mol. The second-order valence-electron chi connectivity index (χ2n) is 5.72. The van der Waals surface area contributed by atoms with Crippen molar-refractivity contribution in [1.82, 2.24) is 14.9 Å². The number of aromatic amines is 1. The molecule has 1 heterocycles. The minimum absolute atomic E-state index is 0.0519. The van der Waals surface area contributed by atoms with Gasteiger partial charge in [-0.2, -0.15) is 0 Å². The number of nitrogens with zero attached hydrogens (tertiary/aromatic N) is 1. The Morgan fingerprint density at radius 1 is 1.43 bits per heavy atom. The molecule has 0 saturated heterocycles. The molecule has 0 aliphatic heterocycles. The van der Waals surface area contributed by atoms with Crippen molar-refractivity contribution in [3.63, 3.8) is 0 Å². The van der Waals surface area contributed by atoms with Gasteiger partial charge in [0.25, 0.3) is 5.56 Å². The van der Waals surface area contributed by atoms with Crippen molar-refractivity contribution < 1.29 is 4.79 Å². The molecule has 116 valence electrons. The van der Waals surface area contributed by atoms with Crippen LogP contribution in [0, 0.1) is 5.92 Å². The molecule has 5 N–H and O–H groups in total. The molecule has 8 nitrogen and oxygen atoms in total. The molecule has 0 atom stereocenters. The maximum absolute atomic E-state index is 11.8. The number of nitrogens with one attached hydrogen (secondary N) is 3. The Labute approximate surface area is 121 Å². The SMILES string of the molecule is CC(C)Cn1c(N)c(NCC(=O)NC2CC2)c(=O)[nH]c1=O. The first-order valence-corrected chi connectivity index (χ1v) is 7.04. The van der Waals surface area contributed by atoms with E-state index in [1.165, 1.54) is 4.57 Å². The zero-order valence-corrected chi connectivity index (χ0v) is 12.2. The van der Waals surface area contributed by atoms with Crippen LogP contribution >= 0.6 is 0 Å². The van der Waals surface area contributed by atoms with E-state index in [1.807, 2.05) is 13.8 Å². The monoisotopic (exact) mass is 295 g/mol. The van der Waals surface area contributed by atoms with Crippen molar-refractivity contribution >= 4 is 17.4 Å². The van der Waals surface area contributed by atoms with E-state index < -0.39 is 11.2 Å². The number of rotatable bonds is 6. The number of carbonyl (C=O) groups is 1. The van der Waals surface area contributed by atoms with Crippen molar-refractivity contribution in [2.45, 2.75) is 39.3 Å². The highest BCUT2D eigenvalue weighted by Gasteiger charge is 2.23. The molecule has 1 amide bonds. The summed E-state index contributed by atoms with van der Waals surface area (Å²) in [5, 5.41) is 5.51. The molecule has 1 aromatic rings. The molecule has 0 unspecified atom stereocenters. The molecule has 1 aliphatic rings. The number of amides is 1. The largest absolute Gasteiger partial charge is 0.383 e. The van der Waals surface area contributed by atoms with Crippen molar-refractivity contribution in [2.75, 3.05) is 17.6 Å². The average molecular weight is 295 g/mol. The standard InChI is InChI=1S/C13H21N5O3/c1-7(2)6-18-11(14)10(12(20)17-13(18)21)15-5-9(19)16-8-3-4-8/h7-8,15H,3-6,14H2,1-2H3,(H,16,19)(H,17,20,21). The molecule has 0 bridgehead atoms. The number of hydrogen-bond donors (Lipinski definition) is 4.